The van der Waals surface area contributed by atoms with Gasteiger partial charge in [0.1, 0.15) is 12.6 Å². The zero-order valence-corrected chi connectivity index (χ0v) is 28.0. The van der Waals surface area contributed by atoms with Crippen LogP contribution in [-0.2, 0) is 32.6 Å². The van der Waals surface area contributed by atoms with Crippen LogP contribution in [0.25, 0.3) is 0 Å². The summed E-state index contributed by atoms with van der Waals surface area (Å²) in [5.74, 6) is -0.903. The lowest BCUT2D eigenvalue weighted by Crippen LogP contribution is -2.54. The van der Waals surface area contributed by atoms with Crippen molar-refractivity contribution in [3.05, 3.63) is 129 Å². The second-order valence-electron chi connectivity index (χ2n) is 11.3. The van der Waals surface area contributed by atoms with Crippen molar-refractivity contribution >= 4 is 50.7 Å². The first-order chi connectivity index (χ1) is 21.3. The minimum atomic E-state index is -4.22. The van der Waals surface area contributed by atoms with Gasteiger partial charge >= 0.3 is 0 Å². The van der Waals surface area contributed by atoms with Crippen LogP contribution in [0.4, 0.5) is 5.69 Å². The van der Waals surface area contributed by atoms with Gasteiger partial charge in [-0.25, -0.2) is 8.42 Å². The maximum absolute atomic E-state index is 14.5. The third-order valence-corrected chi connectivity index (χ3v) is 9.75. The van der Waals surface area contributed by atoms with Crippen LogP contribution in [0.5, 0.6) is 0 Å². The van der Waals surface area contributed by atoms with E-state index < -0.39 is 28.5 Å². The Labute approximate surface area is 275 Å². The predicted molar refractivity (Wildman–Crippen MR) is 181 cm³/mol. The molecule has 0 saturated heterocycles. The average Bonchev–Trinajstić information content (AvgIpc) is 3.00. The molecule has 0 spiro atoms. The molecule has 0 radical (unpaired) electrons. The molecule has 0 saturated carbocycles. The second-order valence-corrected chi connectivity index (χ2v) is 14.0. The van der Waals surface area contributed by atoms with Crippen LogP contribution in [0.2, 0.25) is 10.0 Å². The van der Waals surface area contributed by atoms with Crippen LogP contribution in [-0.4, -0.2) is 43.8 Å². The molecule has 0 unspecified atom stereocenters. The maximum atomic E-state index is 14.5. The van der Waals surface area contributed by atoms with E-state index in [1.54, 1.807) is 48.5 Å². The van der Waals surface area contributed by atoms with Crippen molar-refractivity contribution in [1.29, 1.82) is 0 Å². The Morgan fingerprint density at radius 2 is 1.47 bits per heavy atom. The molecule has 10 heteroatoms. The second kappa shape index (κ2) is 15.0. The van der Waals surface area contributed by atoms with Crippen molar-refractivity contribution in [2.75, 3.05) is 10.8 Å². The summed E-state index contributed by atoms with van der Waals surface area (Å²) in [5, 5.41) is 3.84. The Hall–Kier alpha value is -3.85. The summed E-state index contributed by atoms with van der Waals surface area (Å²) in [6, 6.07) is 26.6. The minimum absolute atomic E-state index is 0.0280. The molecule has 4 rings (SSSR count). The third-order valence-electron chi connectivity index (χ3n) is 7.30. The normalized spacial score (nSPS) is 12.1. The van der Waals surface area contributed by atoms with Gasteiger partial charge in [-0.1, -0.05) is 89.4 Å². The highest BCUT2D eigenvalue weighted by Crippen LogP contribution is 2.29. The number of aryl methyl sites for hydroxylation is 2. The number of nitrogens with one attached hydrogen (secondary N) is 1. The van der Waals surface area contributed by atoms with E-state index in [1.807, 2.05) is 58.0 Å². The van der Waals surface area contributed by atoms with E-state index in [4.69, 9.17) is 23.2 Å². The number of carbonyl (C=O) groups excluding carboxylic acids is 2. The summed E-state index contributed by atoms with van der Waals surface area (Å²) >= 11 is 12.6. The Balaban J connectivity index is 1.82. The number of hydrogen-bond donors (Lipinski definition) is 1. The summed E-state index contributed by atoms with van der Waals surface area (Å²) in [6.45, 7) is 6.85. The van der Waals surface area contributed by atoms with E-state index in [0.29, 0.717) is 10.0 Å². The van der Waals surface area contributed by atoms with Crippen molar-refractivity contribution in [2.45, 2.75) is 57.6 Å². The van der Waals surface area contributed by atoms with E-state index in [9.17, 15) is 18.0 Å². The Bertz CT molecular complexity index is 1730. The Kier molecular flexibility index (Phi) is 11.3. The lowest BCUT2D eigenvalue weighted by molar-refractivity contribution is -0.140. The van der Waals surface area contributed by atoms with Crippen LogP contribution in [0.15, 0.2) is 102 Å². The average molecular weight is 667 g/mol. The highest BCUT2D eigenvalue weighted by Gasteiger charge is 2.35. The summed E-state index contributed by atoms with van der Waals surface area (Å²) in [6.07, 6.45) is 0.222. The van der Waals surface area contributed by atoms with Crippen LogP contribution in [0.3, 0.4) is 0 Å². The third kappa shape index (κ3) is 8.87. The fourth-order valence-electron chi connectivity index (χ4n) is 4.82. The topological polar surface area (TPSA) is 86.8 Å². The summed E-state index contributed by atoms with van der Waals surface area (Å²) in [7, 11) is -4.22. The van der Waals surface area contributed by atoms with Crippen LogP contribution in [0.1, 0.15) is 36.1 Å². The SMILES string of the molecule is Cc1ccc(S(=O)(=O)N(CC(=O)N(Cc2ccc(Cl)cc2)[C@H](Cc2ccccc2)C(=O)NC(C)C)c2ccc(C)c(Cl)c2)cc1. The van der Waals surface area contributed by atoms with Gasteiger partial charge in [-0.15, -0.1) is 0 Å². The van der Waals surface area contributed by atoms with Gasteiger partial charge in [0.15, 0.2) is 0 Å². The molecule has 4 aromatic rings. The van der Waals surface area contributed by atoms with Crippen LogP contribution in [0, 0.1) is 13.8 Å². The van der Waals surface area contributed by atoms with E-state index in [-0.39, 0.29) is 35.5 Å². The van der Waals surface area contributed by atoms with Crippen LogP contribution < -0.4 is 9.62 Å². The van der Waals surface area contributed by atoms with Gasteiger partial charge in [-0.3, -0.25) is 13.9 Å². The van der Waals surface area contributed by atoms with Crippen molar-refractivity contribution < 1.29 is 18.0 Å². The Morgan fingerprint density at radius 3 is 2.07 bits per heavy atom. The van der Waals surface area contributed by atoms with E-state index in [0.717, 1.165) is 26.6 Å². The first kappa shape index (κ1) is 34.0. The van der Waals surface area contributed by atoms with Gasteiger partial charge in [0.25, 0.3) is 10.0 Å². The molecule has 0 aliphatic carbocycles. The summed E-state index contributed by atoms with van der Waals surface area (Å²) < 4.78 is 29.4. The molecule has 1 N–H and O–H groups in total. The number of benzene rings is 4. The fourth-order valence-corrected chi connectivity index (χ4v) is 6.53. The fraction of sp³-hybridized carbons (Fsp3) is 0.257. The largest absolute Gasteiger partial charge is 0.352 e. The van der Waals surface area contributed by atoms with Gasteiger partial charge in [0.2, 0.25) is 11.8 Å². The smallest absolute Gasteiger partial charge is 0.264 e. The number of halogens is 2. The molecule has 45 heavy (non-hydrogen) atoms. The molecular weight excluding hydrogens is 629 g/mol. The standard InChI is InChI=1S/C35H37Cl2N3O4S/c1-24(2)38-35(42)33(20-27-8-6-5-7-9-27)39(22-28-13-15-29(36)16-14-28)34(41)23-40(30-17-12-26(4)32(37)21-30)45(43,44)31-18-10-25(3)11-19-31/h5-19,21,24,33H,20,22-23H2,1-4H3,(H,38,42)/t33-/m1/s1. The van der Waals surface area contributed by atoms with Crippen LogP contribution >= 0.6 is 23.2 Å². The molecule has 236 valence electrons. The molecular formula is C35H37Cl2N3O4S. The number of rotatable bonds is 12. The lowest BCUT2D eigenvalue weighted by atomic mass is 10.0. The van der Waals surface area contributed by atoms with Gasteiger partial charge in [-0.2, -0.15) is 0 Å². The highest BCUT2D eigenvalue weighted by atomic mass is 35.5. The minimum Gasteiger partial charge on any atom is -0.352 e. The molecule has 7 nitrogen and oxygen atoms in total. The van der Waals surface area contributed by atoms with Crippen molar-refractivity contribution in [2.24, 2.45) is 0 Å². The zero-order chi connectivity index (χ0) is 32.7. The molecule has 0 bridgehead atoms. The van der Waals surface area contributed by atoms with Crippen molar-refractivity contribution in [3.63, 3.8) is 0 Å². The molecule has 2 amide bonds. The molecule has 0 fully saturated rings. The maximum Gasteiger partial charge on any atom is 0.264 e. The first-order valence-corrected chi connectivity index (χ1v) is 16.8. The zero-order valence-electron chi connectivity index (χ0n) is 25.7. The van der Waals surface area contributed by atoms with Gasteiger partial charge < -0.3 is 10.2 Å². The number of sulfonamides is 1. The highest BCUT2D eigenvalue weighted by molar-refractivity contribution is 7.92. The van der Waals surface area contributed by atoms with Gasteiger partial charge in [0, 0.05) is 29.1 Å². The lowest BCUT2D eigenvalue weighted by Gasteiger charge is -2.34. The number of hydrogen-bond acceptors (Lipinski definition) is 4. The molecule has 0 aliphatic rings. The van der Waals surface area contributed by atoms with E-state index in [1.165, 1.54) is 23.1 Å². The summed E-state index contributed by atoms with van der Waals surface area (Å²) in [5.41, 5.74) is 3.47. The molecule has 0 aliphatic heterocycles. The monoisotopic (exact) mass is 665 g/mol. The van der Waals surface area contributed by atoms with Crippen molar-refractivity contribution in [3.8, 4) is 0 Å². The van der Waals surface area contributed by atoms with Gasteiger partial charge in [0.05, 0.1) is 10.6 Å². The number of anilines is 1. The van der Waals surface area contributed by atoms with Crippen molar-refractivity contribution in [1.82, 2.24) is 10.2 Å². The van der Waals surface area contributed by atoms with E-state index >= 15 is 0 Å². The molecule has 1 atom stereocenters. The predicted octanol–water partition coefficient (Wildman–Crippen LogP) is 6.97. The molecule has 0 heterocycles. The number of carbonyl (C=O) groups is 2. The Morgan fingerprint density at radius 1 is 0.822 bits per heavy atom. The quantitative estimate of drug-likeness (QED) is 0.177. The number of amides is 2. The molecule has 0 aromatic heterocycles. The van der Waals surface area contributed by atoms with E-state index in [2.05, 4.69) is 5.32 Å². The summed E-state index contributed by atoms with van der Waals surface area (Å²) in [4.78, 5) is 29.7. The first-order valence-electron chi connectivity index (χ1n) is 14.6. The van der Waals surface area contributed by atoms with Gasteiger partial charge in [-0.05, 0) is 80.8 Å². The molecule has 4 aromatic carbocycles. The number of nitrogens with zero attached hydrogens (tertiary/aromatic N) is 2.